The first kappa shape index (κ1) is 23.2. The van der Waals surface area contributed by atoms with Crippen LogP contribution < -0.4 is 0 Å². The fourth-order valence-corrected chi connectivity index (χ4v) is 6.35. The number of furan rings is 1. The molecule has 0 unspecified atom stereocenters. The fourth-order valence-electron chi connectivity index (χ4n) is 4.77. The third kappa shape index (κ3) is 4.71. The standard InChI is InChI=1S/C23H33N3O5S/c1-3-30-23(27)22-19-11-7-8-12-20(19)31-21(22)17-25-13-15-26(16-14-25)32(28,29)24(2)18-9-5-4-6-10-18/h7-8,11-12,18H,3-6,9-10,13-17H2,1-2H3. The van der Waals surface area contributed by atoms with Crippen LogP contribution in [0.3, 0.4) is 0 Å². The van der Waals surface area contributed by atoms with Gasteiger partial charge < -0.3 is 9.15 Å². The van der Waals surface area contributed by atoms with Gasteiger partial charge in [0.15, 0.2) is 0 Å². The van der Waals surface area contributed by atoms with E-state index < -0.39 is 10.2 Å². The molecule has 1 aliphatic carbocycles. The molecule has 2 aromatic rings. The van der Waals surface area contributed by atoms with Crippen molar-refractivity contribution in [2.45, 2.75) is 51.6 Å². The van der Waals surface area contributed by atoms with Crippen LogP contribution in [0.4, 0.5) is 0 Å². The lowest BCUT2D eigenvalue weighted by Crippen LogP contribution is -2.54. The van der Waals surface area contributed by atoms with Crippen LogP contribution in [-0.4, -0.2) is 73.8 Å². The number of rotatable bonds is 7. The summed E-state index contributed by atoms with van der Waals surface area (Å²) in [7, 11) is -1.74. The first-order chi connectivity index (χ1) is 15.4. The molecular weight excluding hydrogens is 430 g/mol. The molecule has 0 amide bonds. The average Bonchev–Trinajstić information content (AvgIpc) is 3.17. The molecule has 4 rings (SSSR count). The van der Waals surface area contributed by atoms with Crippen LogP contribution in [0.2, 0.25) is 0 Å². The molecule has 8 nitrogen and oxygen atoms in total. The zero-order valence-electron chi connectivity index (χ0n) is 19.0. The molecular formula is C23H33N3O5S. The predicted octanol–water partition coefficient (Wildman–Crippen LogP) is 3.24. The molecule has 2 aliphatic rings. The molecule has 1 aromatic heterocycles. The molecule has 1 aromatic carbocycles. The molecule has 32 heavy (non-hydrogen) atoms. The molecule has 1 saturated carbocycles. The number of carbonyl (C=O) groups excluding carboxylic acids is 1. The van der Waals surface area contributed by atoms with Crippen molar-refractivity contribution in [2.75, 3.05) is 39.8 Å². The number of hydrogen-bond donors (Lipinski definition) is 0. The van der Waals surface area contributed by atoms with Gasteiger partial charge >= 0.3 is 5.97 Å². The topological polar surface area (TPSA) is 83.3 Å². The highest BCUT2D eigenvalue weighted by molar-refractivity contribution is 7.86. The maximum absolute atomic E-state index is 13.1. The minimum absolute atomic E-state index is 0.106. The second kappa shape index (κ2) is 9.91. The van der Waals surface area contributed by atoms with Crippen molar-refractivity contribution in [3.8, 4) is 0 Å². The van der Waals surface area contributed by atoms with Crippen LogP contribution in [-0.2, 0) is 21.5 Å². The monoisotopic (exact) mass is 463 g/mol. The molecule has 0 atom stereocenters. The summed E-state index contributed by atoms with van der Waals surface area (Å²) >= 11 is 0. The largest absolute Gasteiger partial charge is 0.462 e. The van der Waals surface area contributed by atoms with E-state index >= 15 is 0 Å². The number of carbonyl (C=O) groups is 1. The van der Waals surface area contributed by atoms with Gasteiger partial charge in [-0.05, 0) is 25.8 Å². The van der Waals surface area contributed by atoms with E-state index in [0.29, 0.717) is 56.2 Å². The summed E-state index contributed by atoms with van der Waals surface area (Å²) in [5.74, 6) is 0.183. The zero-order chi connectivity index (χ0) is 22.7. The summed E-state index contributed by atoms with van der Waals surface area (Å²) in [6.07, 6.45) is 5.27. The Labute approximate surface area is 190 Å². The van der Waals surface area contributed by atoms with E-state index in [9.17, 15) is 13.2 Å². The Balaban J connectivity index is 1.43. The van der Waals surface area contributed by atoms with Crippen LogP contribution in [0.15, 0.2) is 28.7 Å². The van der Waals surface area contributed by atoms with Crippen molar-refractivity contribution in [1.29, 1.82) is 0 Å². The van der Waals surface area contributed by atoms with Crippen molar-refractivity contribution in [2.24, 2.45) is 0 Å². The number of benzene rings is 1. The molecule has 0 spiro atoms. The molecule has 2 fully saturated rings. The van der Waals surface area contributed by atoms with Crippen LogP contribution in [0.5, 0.6) is 0 Å². The number of ether oxygens (including phenoxy) is 1. The van der Waals surface area contributed by atoms with Gasteiger partial charge in [0, 0.05) is 44.7 Å². The first-order valence-corrected chi connectivity index (χ1v) is 12.9. The number of fused-ring (bicyclic) bond motifs is 1. The van der Waals surface area contributed by atoms with Gasteiger partial charge in [0.05, 0.1) is 13.2 Å². The van der Waals surface area contributed by atoms with E-state index in [-0.39, 0.29) is 12.0 Å². The van der Waals surface area contributed by atoms with Gasteiger partial charge in [0.1, 0.15) is 16.9 Å². The second-order valence-electron chi connectivity index (χ2n) is 8.61. The van der Waals surface area contributed by atoms with Gasteiger partial charge in [0.2, 0.25) is 0 Å². The second-order valence-corrected chi connectivity index (χ2v) is 10.6. The van der Waals surface area contributed by atoms with E-state index in [2.05, 4.69) is 4.90 Å². The van der Waals surface area contributed by atoms with Gasteiger partial charge in [-0.2, -0.15) is 17.0 Å². The van der Waals surface area contributed by atoms with E-state index in [1.165, 1.54) is 6.42 Å². The molecule has 1 aliphatic heterocycles. The Morgan fingerprint density at radius 3 is 2.50 bits per heavy atom. The third-order valence-electron chi connectivity index (χ3n) is 6.63. The SMILES string of the molecule is CCOC(=O)c1c(CN2CCN(S(=O)(=O)N(C)C3CCCCC3)CC2)oc2ccccc12. The smallest absolute Gasteiger partial charge is 0.342 e. The van der Waals surface area contributed by atoms with Crippen LogP contribution in [0.1, 0.15) is 55.1 Å². The van der Waals surface area contributed by atoms with Gasteiger partial charge in [-0.1, -0.05) is 37.5 Å². The van der Waals surface area contributed by atoms with Crippen molar-refractivity contribution in [3.63, 3.8) is 0 Å². The number of hydrogen-bond acceptors (Lipinski definition) is 6. The summed E-state index contributed by atoms with van der Waals surface area (Å²) in [6, 6.07) is 7.55. The van der Waals surface area contributed by atoms with Crippen LogP contribution in [0.25, 0.3) is 11.0 Å². The lowest BCUT2D eigenvalue weighted by atomic mass is 9.96. The van der Waals surface area contributed by atoms with Crippen molar-refractivity contribution < 1.29 is 22.4 Å². The molecule has 0 bridgehead atoms. The van der Waals surface area contributed by atoms with E-state index in [4.69, 9.17) is 9.15 Å². The Bertz CT molecular complexity index is 1040. The minimum Gasteiger partial charge on any atom is -0.462 e. The normalized spacial score (nSPS) is 19.6. The first-order valence-electron chi connectivity index (χ1n) is 11.5. The molecule has 2 heterocycles. The highest BCUT2D eigenvalue weighted by Gasteiger charge is 2.35. The van der Waals surface area contributed by atoms with Gasteiger partial charge in [-0.3, -0.25) is 4.90 Å². The number of esters is 1. The Morgan fingerprint density at radius 1 is 1.12 bits per heavy atom. The van der Waals surface area contributed by atoms with Gasteiger partial charge in [-0.25, -0.2) is 4.79 Å². The Kier molecular flexibility index (Phi) is 7.19. The van der Waals surface area contributed by atoms with Crippen molar-refractivity contribution in [1.82, 2.24) is 13.5 Å². The summed E-state index contributed by atoms with van der Waals surface area (Å²) in [5, 5.41) is 0.747. The number of para-hydroxylation sites is 1. The zero-order valence-corrected chi connectivity index (χ0v) is 19.8. The molecule has 0 radical (unpaired) electrons. The van der Waals surface area contributed by atoms with E-state index in [1.807, 2.05) is 24.3 Å². The third-order valence-corrected chi connectivity index (χ3v) is 8.67. The lowest BCUT2D eigenvalue weighted by Gasteiger charge is -2.38. The lowest BCUT2D eigenvalue weighted by molar-refractivity contribution is 0.0523. The Morgan fingerprint density at radius 2 is 1.81 bits per heavy atom. The molecule has 0 N–H and O–H groups in total. The number of piperazine rings is 1. The van der Waals surface area contributed by atoms with E-state index in [0.717, 1.165) is 31.1 Å². The predicted molar refractivity (Wildman–Crippen MR) is 123 cm³/mol. The average molecular weight is 464 g/mol. The van der Waals surface area contributed by atoms with Crippen molar-refractivity contribution >= 4 is 27.1 Å². The van der Waals surface area contributed by atoms with Crippen molar-refractivity contribution in [3.05, 3.63) is 35.6 Å². The number of nitrogens with zero attached hydrogens (tertiary/aromatic N) is 3. The highest BCUT2D eigenvalue weighted by Crippen LogP contribution is 2.29. The molecule has 176 valence electrons. The molecule has 9 heteroatoms. The summed E-state index contributed by atoms with van der Waals surface area (Å²) in [6.45, 7) is 4.53. The maximum atomic E-state index is 13.1. The highest BCUT2D eigenvalue weighted by atomic mass is 32.2. The quantitative estimate of drug-likeness (QED) is 0.586. The van der Waals surface area contributed by atoms with Gasteiger partial charge in [0.25, 0.3) is 10.2 Å². The van der Waals surface area contributed by atoms with E-state index in [1.54, 1.807) is 22.6 Å². The van der Waals surface area contributed by atoms with Gasteiger partial charge in [-0.15, -0.1) is 0 Å². The Hall–Kier alpha value is -1.94. The maximum Gasteiger partial charge on any atom is 0.342 e. The fraction of sp³-hybridized carbons (Fsp3) is 0.609. The summed E-state index contributed by atoms with van der Waals surface area (Å²) in [4.78, 5) is 14.7. The molecule has 1 saturated heterocycles. The summed E-state index contributed by atoms with van der Waals surface area (Å²) in [5.41, 5.74) is 1.12. The minimum atomic E-state index is -3.46. The van der Waals surface area contributed by atoms with Crippen LogP contribution in [0, 0.1) is 0 Å². The summed E-state index contributed by atoms with van der Waals surface area (Å²) < 4.78 is 40.7. The van der Waals surface area contributed by atoms with Crippen LogP contribution >= 0.6 is 0 Å².